The molecule has 6 rings (SSSR count). The largest absolute Gasteiger partial charge is 0.466 e. The van der Waals surface area contributed by atoms with Gasteiger partial charge in [-0.15, -0.1) is 0 Å². The third-order valence-electron chi connectivity index (χ3n) is 10.9. The molecule has 4 aliphatic carbocycles. The Hall–Kier alpha value is -3.22. The highest BCUT2D eigenvalue weighted by atomic mass is 16.6. The third-order valence-corrected chi connectivity index (χ3v) is 10.9. The highest BCUT2D eigenvalue weighted by Gasteiger charge is 2.66. The van der Waals surface area contributed by atoms with Crippen molar-refractivity contribution in [3.63, 3.8) is 0 Å². The maximum absolute atomic E-state index is 12.3. The lowest BCUT2D eigenvalue weighted by Gasteiger charge is -2.56. The monoisotopic (exact) mass is 576 g/mol. The van der Waals surface area contributed by atoms with E-state index < -0.39 is 5.97 Å². The van der Waals surface area contributed by atoms with Crippen molar-refractivity contribution in [2.75, 3.05) is 0 Å². The van der Waals surface area contributed by atoms with E-state index in [0.29, 0.717) is 24.7 Å². The first-order valence-corrected chi connectivity index (χ1v) is 15.4. The van der Waals surface area contributed by atoms with E-state index in [1.165, 1.54) is 24.1 Å². The predicted molar refractivity (Wildman–Crippen MR) is 157 cm³/mol. The van der Waals surface area contributed by atoms with E-state index >= 15 is 0 Å². The van der Waals surface area contributed by atoms with E-state index in [1.807, 2.05) is 13.0 Å². The van der Waals surface area contributed by atoms with Crippen molar-refractivity contribution in [1.29, 1.82) is 0 Å². The van der Waals surface area contributed by atoms with E-state index in [1.54, 1.807) is 13.8 Å². The average Bonchev–Trinajstić information content (AvgIpc) is 3.61. The molecule has 7 heteroatoms. The molecule has 1 aromatic rings. The predicted octanol–water partition coefficient (Wildman–Crippen LogP) is 7.10. The van der Waals surface area contributed by atoms with Gasteiger partial charge in [0, 0.05) is 48.5 Å². The molecule has 1 aliphatic heterocycles. The molecule has 0 unspecified atom stereocenters. The molecular formula is C35H44O7. The van der Waals surface area contributed by atoms with Crippen LogP contribution in [0.3, 0.4) is 0 Å². The average molecular weight is 577 g/mol. The maximum atomic E-state index is 12.3. The second-order valence-electron chi connectivity index (χ2n) is 13.6. The molecule has 6 atom stereocenters. The zero-order valence-corrected chi connectivity index (χ0v) is 25.8. The Labute approximate surface area is 248 Å². The van der Waals surface area contributed by atoms with Crippen molar-refractivity contribution in [3.05, 3.63) is 59.3 Å². The zero-order chi connectivity index (χ0) is 30.4. The summed E-state index contributed by atoms with van der Waals surface area (Å²) in [6.07, 6.45) is 13.6. The van der Waals surface area contributed by atoms with Crippen molar-refractivity contribution in [2.45, 2.75) is 104 Å². The lowest BCUT2D eigenvalue weighted by molar-refractivity contribution is -0.160. The number of aryl methyl sites for hydroxylation is 1. The standard InChI is InChI=1S/C27H32O4.C8H12O3/c1-16-4-5-22(30-16)19-15-17-14-18(28)6-10-25(17,2)20-7-11-26(3)21(24(19)20)8-12-27(26)13-9-23(29)31-27;1-6(2)8(10)4-5-11-7(3)9/h4-5,7,14,19,21,24H,6,8-13,15H2,1-3H3;4-6H,1-3H3/b;5-4-/t19-,21-,24+,25-,26-,27+;/m0./s1. The second-order valence-corrected chi connectivity index (χ2v) is 13.6. The number of esters is 2. The molecule has 0 N–H and O–H groups in total. The van der Waals surface area contributed by atoms with Crippen LogP contribution in [0.25, 0.3) is 0 Å². The van der Waals surface area contributed by atoms with Gasteiger partial charge in [-0.3, -0.25) is 19.2 Å². The summed E-state index contributed by atoms with van der Waals surface area (Å²) in [5, 5.41) is 0. The lowest BCUT2D eigenvalue weighted by atomic mass is 9.48. The highest BCUT2D eigenvalue weighted by Crippen LogP contribution is 2.70. The molecule has 1 spiro atoms. The minimum atomic E-state index is -0.419. The Morgan fingerprint density at radius 2 is 1.86 bits per heavy atom. The molecule has 1 aromatic heterocycles. The first-order valence-electron chi connectivity index (χ1n) is 15.4. The van der Waals surface area contributed by atoms with Crippen LogP contribution in [0.4, 0.5) is 0 Å². The van der Waals surface area contributed by atoms with E-state index in [0.717, 1.165) is 56.3 Å². The van der Waals surface area contributed by atoms with E-state index in [-0.39, 0.29) is 45.8 Å². The first kappa shape index (κ1) is 30.2. The Morgan fingerprint density at radius 1 is 1.10 bits per heavy atom. The number of carbonyl (C=O) groups is 4. The van der Waals surface area contributed by atoms with Gasteiger partial charge in [-0.25, -0.2) is 0 Å². The fourth-order valence-corrected chi connectivity index (χ4v) is 8.47. The van der Waals surface area contributed by atoms with Crippen molar-refractivity contribution in [1.82, 2.24) is 0 Å². The number of allylic oxidation sites excluding steroid dienone is 5. The van der Waals surface area contributed by atoms with E-state index in [2.05, 4.69) is 36.8 Å². The van der Waals surface area contributed by atoms with Crippen LogP contribution in [-0.4, -0.2) is 29.1 Å². The van der Waals surface area contributed by atoms with Crippen LogP contribution >= 0.6 is 0 Å². The molecule has 226 valence electrons. The number of carbonyl (C=O) groups excluding carboxylic acids is 4. The molecule has 42 heavy (non-hydrogen) atoms. The Balaban J connectivity index is 0.000000276. The molecule has 0 amide bonds. The normalized spacial score (nSPS) is 35.1. The van der Waals surface area contributed by atoms with Crippen LogP contribution in [0.5, 0.6) is 0 Å². The van der Waals surface area contributed by atoms with Crippen LogP contribution in [0.15, 0.2) is 52.2 Å². The summed E-state index contributed by atoms with van der Waals surface area (Å²) >= 11 is 0. The number of hydrogen-bond donors (Lipinski definition) is 0. The van der Waals surface area contributed by atoms with Gasteiger partial charge in [-0.2, -0.15) is 0 Å². The number of fused-ring (bicyclic) bond motifs is 6. The topological polar surface area (TPSA) is 99.9 Å². The minimum absolute atomic E-state index is 0.0264. The molecule has 0 radical (unpaired) electrons. The number of hydrogen-bond acceptors (Lipinski definition) is 7. The highest BCUT2D eigenvalue weighted by molar-refractivity contribution is 5.92. The van der Waals surface area contributed by atoms with Crippen molar-refractivity contribution in [3.8, 4) is 0 Å². The minimum Gasteiger partial charge on any atom is -0.466 e. The van der Waals surface area contributed by atoms with Crippen LogP contribution in [0.2, 0.25) is 0 Å². The van der Waals surface area contributed by atoms with Crippen molar-refractivity contribution >= 4 is 23.5 Å². The molecular weight excluding hydrogens is 532 g/mol. The van der Waals surface area contributed by atoms with Gasteiger partial charge in [0.15, 0.2) is 11.6 Å². The van der Waals surface area contributed by atoms with Crippen LogP contribution < -0.4 is 0 Å². The first-order chi connectivity index (χ1) is 19.8. The summed E-state index contributed by atoms with van der Waals surface area (Å²) < 4.78 is 16.7. The summed E-state index contributed by atoms with van der Waals surface area (Å²) in [5.74, 6) is 2.77. The summed E-state index contributed by atoms with van der Waals surface area (Å²) in [6.45, 7) is 11.6. The maximum Gasteiger partial charge on any atom is 0.307 e. The zero-order valence-electron chi connectivity index (χ0n) is 25.8. The Kier molecular flexibility index (Phi) is 8.01. The van der Waals surface area contributed by atoms with Crippen LogP contribution in [0, 0.1) is 35.5 Å². The summed E-state index contributed by atoms with van der Waals surface area (Å²) in [6, 6.07) is 4.20. The Morgan fingerprint density at radius 3 is 2.48 bits per heavy atom. The van der Waals surface area contributed by atoms with Gasteiger partial charge in [0.2, 0.25) is 0 Å². The Bertz CT molecular complexity index is 1380. The van der Waals surface area contributed by atoms with Crippen LogP contribution in [-0.2, 0) is 28.7 Å². The molecule has 7 nitrogen and oxygen atoms in total. The molecule has 2 saturated carbocycles. The summed E-state index contributed by atoms with van der Waals surface area (Å²) in [4.78, 5) is 45.6. The molecule has 5 aliphatic rings. The van der Waals surface area contributed by atoms with Gasteiger partial charge in [0.05, 0.1) is 6.26 Å². The molecule has 1 saturated heterocycles. The summed E-state index contributed by atoms with van der Waals surface area (Å²) in [7, 11) is 0. The van der Waals surface area contributed by atoms with Gasteiger partial charge in [-0.05, 0) is 75.5 Å². The van der Waals surface area contributed by atoms with Gasteiger partial charge >= 0.3 is 11.9 Å². The van der Waals surface area contributed by atoms with E-state index in [9.17, 15) is 19.2 Å². The molecule has 0 bridgehead atoms. The summed E-state index contributed by atoms with van der Waals surface area (Å²) in [5.41, 5.74) is 2.43. The van der Waals surface area contributed by atoms with Gasteiger partial charge in [0.1, 0.15) is 17.1 Å². The fraction of sp³-hybridized carbons (Fsp3) is 0.600. The van der Waals surface area contributed by atoms with Crippen molar-refractivity contribution in [2.24, 2.45) is 28.6 Å². The fourth-order valence-electron chi connectivity index (χ4n) is 8.47. The molecule has 2 heterocycles. The number of rotatable bonds is 4. The van der Waals surface area contributed by atoms with Crippen LogP contribution in [0.1, 0.15) is 103 Å². The van der Waals surface area contributed by atoms with Gasteiger partial charge in [0.25, 0.3) is 0 Å². The number of ether oxygens (including phenoxy) is 2. The van der Waals surface area contributed by atoms with Gasteiger partial charge < -0.3 is 13.9 Å². The SMILES string of the molecule is CC(=O)O/C=C\C(=O)C(C)C.Cc1ccc([C@@H]2CC3=CC(=O)CC[C@]3(C)C3=CC[C@@]4(C)[C@@H](CC[C@@]45CCC(=O)O5)[C@@H]32)o1. The van der Waals surface area contributed by atoms with Gasteiger partial charge in [-0.1, -0.05) is 44.9 Å². The quantitative estimate of drug-likeness (QED) is 0.163. The number of furan rings is 1. The molecule has 0 aromatic carbocycles. The van der Waals surface area contributed by atoms with E-state index in [4.69, 9.17) is 9.15 Å². The third kappa shape index (κ3) is 5.13. The second kappa shape index (κ2) is 11.1. The number of ketones is 2. The van der Waals surface area contributed by atoms with Crippen molar-refractivity contribution < 1.29 is 33.1 Å². The lowest BCUT2D eigenvalue weighted by Crippen LogP contribution is -2.52. The molecule has 3 fully saturated rings. The smallest absolute Gasteiger partial charge is 0.307 e.